The van der Waals surface area contributed by atoms with Crippen molar-refractivity contribution < 1.29 is 9.90 Å². The van der Waals surface area contributed by atoms with Gasteiger partial charge in [0.1, 0.15) is 6.23 Å². The van der Waals surface area contributed by atoms with Crippen LogP contribution in [0.4, 0.5) is 4.79 Å². The number of hydrogen-bond donors (Lipinski definition) is 2. The molecule has 1 aliphatic rings. The van der Waals surface area contributed by atoms with E-state index in [1.54, 1.807) is 6.92 Å². The summed E-state index contributed by atoms with van der Waals surface area (Å²) >= 11 is 1.13. The molecule has 2 N–H and O–H groups in total. The Labute approximate surface area is 51.5 Å². The van der Waals surface area contributed by atoms with Gasteiger partial charge in [0, 0.05) is 0 Å². The largest absolute Gasteiger partial charge is 0.373 e. The number of thioether (sulfide) groups is 1. The number of hydrogen-bond acceptors (Lipinski definition) is 3. The second kappa shape index (κ2) is 1.95. The van der Waals surface area contributed by atoms with Crippen LogP contribution in [0.1, 0.15) is 6.92 Å². The third kappa shape index (κ3) is 0.952. The molecule has 1 heterocycles. The van der Waals surface area contributed by atoms with E-state index in [2.05, 4.69) is 5.32 Å². The summed E-state index contributed by atoms with van der Waals surface area (Å²) in [4.78, 5) is 10.4. The van der Waals surface area contributed by atoms with Crippen LogP contribution in [0.15, 0.2) is 0 Å². The molecule has 0 bridgehead atoms. The highest BCUT2D eigenvalue weighted by Crippen LogP contribution is 2.20. The van der Waals surface area contributed by atoms with E-state index < -0.39 is 6.23 Å². The van der Waals surface area contributed by atoms with Gasteiger partial charge in [0.2, 0.25) is 0 Å². The van der Waals surface area contributed by atoms with Gasteiger partial charge in [0.05, 0.1) is 5.25 Å². The molecule has 1 fully saturated rings. The second-order valence-corrected chi connectivity index (χ2v) is 3.05. The van der Waals surface area contributed by atoms with Gasteiger partial charge >= 0.3 is 0 Å². The molecule has 1 amide bonds. The topological polar surface area (TPSA) is 49.3 Å². The summed E-state index contributed by atoms with van der Waals surface area (Å²) in [5.74, 6) is 0. The van der Waals surface area contributed by atoms with Crippen LogP contribution in [0.3, 0.4) is 0 Å². The monoisotopic (exact) mass is 133 g/mol. The van der Waals surface area contributed by atoms with Crippen molar-refractivity contribution in [2.45, 2.75) is 18.4 Å². The minimum atomic E-state index is -0.646. The van der Waals surface area contributed by atoms with Crippen LogP contribution in [0.2, 0.25) is 0 Å². The lowest BCUT2D eigenvalue weighted by molar-refractivity contribution is 0.156. The van der Waals surface area contributed by atoms with Crippen LogP contribution in [-0.4, -0.2) is 21.8 Å². The number of rotatable bonds is 0. The highest BCUT2D eigenvalue weighted by Gasteiger charge is 2.26. The lowest BCUT2D eigenvalue weighted by Crippen LogP contribution is -2.28. The smallest absolute Gasteiger partial charge is 0.281 e. The van der Waals surface area contributed by atoms with Crippen molar-refractivity contribution in [1.82, 2.24) is 5.32 Å². The second-order valence-electron chi connectivity index (χ2n) is 1.70. The van der Waals surface area contributed by atoms with Gasteiger partial charge in [-0.25, -0.2) is 0 Å². The zero-order chi connectivity index (χ0) is 6.15. The predicted octanol–water partition coefficient (Wildman–Crippen LogP) is 0.150. The maximum Gasteiger partial charge on any atom is 0.281 e. The Hall–Kier alpha value is -0.220. The van der Waals surface area contributed by atoms with E-state index >= 15 is 0 Å². The average molecular weight is 133 g/mol. The zero-order valence-electron chi connectivity index (χ0n) is 4.42. The first-order valence-corrected chi connectivity index (χ1v) is 3.23. The minimum Gasteiger partial charge on any atom is -0.373 e. The van der Waals surface area contributed by atoms with Gasteiger partial charge in [-0.15, -0.1) is 0 Å². The third-order valence-electron chi connectivity index (χ3n) is 1.00. The van der Waals surface area contributed by atoms with Crippen LogP contribution in [-0.2, 0) is 0 Å². The maximum atomic E-state index is 10.4. The number of aliphatic hydroxyl groups excluding tert-OH is 1. The van der Waals surface area contributed by atoms with E-state index in [4.69, 9.17) is 5.11 Å². The normalized spacial score (nSPS) is 37.5. The van der Waals surface area contributed by atoms with Crippen molar-refractivity contribution in [2.75, 3.05) is 0 Å². The minimum absolute atomic E-state index is 0.00231. The Morgan fingerprint density at radius 1 is 1.88 bits per heavy atom. The lowest BCUT2D eigenvalue weighted by Gasteiger charge is -2.02. The van der Waals surface area contributed by atoms with E-state index in [0.717, 1.165) is 11.8 Å². The number of aliphatic hydroxyl groups is 1. The van der Waals surface area contributed by atoms with E-state index in [9.17, 15) is 4.79 Å². The molecule has 8 heavy (non-hydrogen) atoms. The number of carbonyl (C=O) groups is 1. The molecule has 1 aliphatic heterocycles. The van der Waals surface area contributed by atoms with Gasteiger partial charge in [-0.3, -0.25) is 4.79 Å². The number of carbonyl (C=O) groups excluding carboxylic acids is 1. The Morgan fingerprint density at radius 2 is 2.50 bits per heavy atom. The van der Waals surface area contributed by atoms with E-state index in [0.29, 0.717) is 0 Å². The molecule has 0 aromatic heterocycles. The summed E-state index contributed by atoms with van der Waals surface area (Å²) < 4.78 is 0. The Morgan fingerprint density at radius 3 is 2.62 bits per heavy atom. The van der Waals surface area contributed by atoms with Gasteiger partial charge in [-0.05, 0) is 6.92 Å². The zero-order valence-corrected chi connectivity index (χ0v) is 5.23. The molecule has 0 spiro atoms. The van der Waals surface area contributed by atoms with Crippen molar-refractivity contribution in [2.24, 2.45) is 0 Å². The lowest BCUT2D eigenvalue weighted by atomic mass is 10.4. The molecule has 2 atom stereocenters. The summed E-state index contributed by atoms with van der Waals surface area (Å²) in [7, 11) is 0. The van der Waals surface area contributed by atoms with Crippen molar-refractivity contribution in [3.63, 3.8) is 0 Å². The molecule has 0 saturated carbocycles. The average Bonchev–Trinajstić information content (AvgIpc) is 1.85. The van der Waals surface area contributed by atoms with Crippen molar-refractivity contribution in [1.29, 1.82) is 0 Å². The quantitative estimate of drug-likeness (QED) is 0.494. The molecule has 0 aromatic rings. The molecule has 46 valence electrons. The standard InChI is InChI=1S/C4H7NO2S/c1-2-3(6)5-4(7)8-2/h2-3,6H,1H3,(H,5,7)/t2-,3?/m1/s1. The maximum absolute atomic E-state index is 10.4. The highest BCUT2D eigenvalue weighted by molar-refractivity contribution is 8.14. The molecule has 0 aliphatic carbocycles. The van der Waals surface area contributed by atoms with Crippen LogP contribution < -0.4 is 5.32 Å². The van der Waals surface area contributed by atoms with Crippen molar-refractivity contribution in [3.8, 4) is 0 Å². The molecule has 0 radical (unpaired) electrons. The summed E-state index contributed by atoms with van der Waals surface area (Å²) in [5, 5.41) is 11.0. The van der Waals surface area contributed by atoms with E-state index in [1.165, 1.54) is 0 Å². The van der Waals surface area contributed by atoms with Gasteiger partial charge < -0.3 is 10.4 Å². The summed E-state index contributed by atoms with van der Waals surface area (Å²) in [6, 6.07) is 0. The number of nitrogens with one attached hydrogen (secondary N) is 1. The van der Waals surface area contributed by atoms with Crippen LogP contribution >= 0.6 is 11.8 Å². The Balaban J connectivity index is 2.51. The summed E-state index contributed by atoms with van der Waals surface area (Å²) in [6.45, 7) is 1.80. The van der Waals surface area contributed by atoms with Crippen molar-refractivity contribution in [3.05, 3.63) is 0 Å². The van der Waals surface area contributed by atoms with Crippen LogP contribution in [0.25, 0.3) is 0 Å². The van der Waals surface area contributed by atoms with Gasteiger partial charge in [0.25, 0.3) is 5.24 Å². The third-order valence-corrected chi connectivity index (χ3v) is 1.96. The Kier molecular flexibility index (Phi) is 1.44. The Bertz CT molecular complexity index is 105. The molecular formula is C4H7NO2S. The fourth-order valence-electron chi connectivity index (χ4n) is 0.505. The molecular weight excluding hydrogens is 126 g/mol. The first-order valence-electron chi connectivity index (χ1n) is 2.35. The van der Waals surface area contributed by atoms with E-state index in [-0.39, 0.29) is 10.5 Å². The van der Waals surface area contributed by atoms with Gasteiger partial charge in [-0.2, -0.15) is 0 Å². The summed E-state index contributed by atoms with van der Waals surface area (Å²) in [6.07, 6.45) is -0.646. The molecule has 1 rings (SSSR count). The molecule has 1 saturated heterocycles. The number of amides is 1. The molecule has 3 nitrogen and oxygen atoms in total. The fraction of sp³-hybridized carbons (Fsp3) is 0.750. The molecule has 0 aromatic carbocycles. The SMILES string of the molecule is C[C@H]1SC(=O)NC1O. The predicted molar refractivity (Wildman–Crippen MR) is 31.6 cm³/mol. The summed E-state index contributed by atoms with van der Waals surface area (Å²) in [5.41, 5.74) is 0. The fourth-order valence-corrected chi connectivity index (χ4v) is 1.23. The van der Waals surface area contributed by atoms with Crippen LogP contribution in [0.5, 0.6) is 0 Å². The van der Waals surface area contributed by atoms with Gasteiger partial charge in [0.15, 0.2) is 0 Å². The molecule has 4 heteroatoms. The van der Waals surface area contributed by atoms with Crippen molar-refractivity contribution >= 4 is 17.0 Å². The molecule has 1 unspecified atom stereocenters. The first-order chi connectivity index (χ1) is 3.70. The van der Waals surface area contributed by atoms with E-state index in [1.807, 2.05) is 0 Å². The first kappa shape index (κ1) is 5.91. The van der Waals surface area contributed by atoms with Crippen LogP contribution in [0, 0.1) is 0 Å². The van der Waals surface area contributed by atoms with Gasteiger partial charge in [-0.1, -0.05) is 11.8 Å². The highest BCUT2D eigenvalue weighted by atomic mass is 32.2.